The van der Waals surface area contributed by atoms with Crippen molar-refractivity contribution in [1.29, 1.82) is 0 Å². The van der Waals surface area contributed by atoms with Crippen molar-refractivity contribution in [2.75, 3.05) is 11.4 Å². The van der Waals surface area contributed by atoms with Crippen molar-refractivity contribution in [2.45, 2.75) is 25.8 Å². The molecule has 1 fully saturated rings. The number of carboxylic acid groups (broad SMARTS) is 1. The molecule has 0 atom stereocenters. The Balaban J connectivity index is 2.43. The summed E-state index contributed by atoms with van der Waals surface area (Å²) in [5, 5.41) is 8.69. The summed E-state index contributed by atoms with van der Waals surface area (Å²) in [6, 6.07) is 1.91. The van der Waals surface area contributed by atoms with E-state index in [4.69, 9.17) is 5.11 Å². The molecule has 0 unspecified atom stereocenters. The predicted octanol–water partition coefficient (Wildman–Crippen LogP) is 2.65. The number of carbonyl (C=O) groups is 1. The Morgan fingerprint density at radius 1 is 1.41 bits per heavy atom. The van der Waals surface area contributed by atoms with Gasteiger partial charge in [0, 0.05) is 12.6 Å². The summed E-state index contributed by atoms with van der Waals surface area (Å²) in [6.07, 6.45) is 1.85. The number of anilines is 1. The summed E-state index contributed by atoms with van der Waals surface area (Å²) >= 11 is 0. The standard InChI is InChI=1S/C12H13F2NO2/c1-2-15(8-3-4-8)11-9(13)5-7(12(16)17)6-10(11)14/h5-6,8H,2-4H2,1H3,(H,16,17). The topological polar surface area (TPSA) is 40.5 Å². The third kappa shape index (κ3) is 2.23. The number of halogens is 2. The summed E-state index contributed by atoms with van der Waals surface area (Å²) in [5.41, 5.74) is -0.476. The van der Waals surface area contributed by atoms with Crippen LogP contribution in [-0.4, -0.2) is 23.7 Å². The maximum Gasteiger partial charge on any atom is 0.335 e. The van der Waals surface area contributed by atoms with E-state index >= 15 is 0 Å². The largest absolute Gasteiger partial charge is 0.478 e. The van der Waals surface area contributed by atoms with Gasteiger partial charge in [-0.05, 0) is 31.9 Å². The first-order valence-corrected chi connectivity index (χ1v) is 5.53. The fourth-order valence-electron chi connectivity index (χ4n) is 1.95. The minimum atomic E-state index is -1.33. The Labute approximate surface area is 97.7 Å². The fourth-order valence-corrected chi connectivity index (χ4v) is 1.95. The third-order valence-corrected chi connectivity index (χ3v) is 2.88. The first-order valence-electron chi connectivity index (χ1n) is 5.53. The van der Waals surface area contributed by atoms with Crippen molar-refractivity contribution in [3.05, 3.63) is 29.3 Å². The molecule has 0 amide bonds. The summed E-state index contributed by atoms with van der Waals surface area (Å²) in [4.78, 5) is 12.3. The molecule has 1 saturated carbocycles. The molecule has 1 aromatic rings. The molecule has 0 spiro atoms. The van der Waals surface area contributed by atoms with Crippen molar-refractivity contribution in [3.63, 3.8) is 0 Å². The molecular weight excluding hydrogens is 228 g/mol. The van der Waals surface area contributed by atoms with Crippen LogP contribution in [0.3, 0.4) is 0 Å². The van der Waals surface area contributed by atoms with Gasteiger partial charge in [0.05, 0.1) is 5.56 Å². The molecule has 5 heteroatoms. The molecule has 2 rings (SSSR count). The molecular formula is C12H13F2NO2. The Hall–Kier alpha value is -1.65. The van der Waals surface area contributed by atoms with Crippen LogP contribution in [-0.2, 0) is 0 Å². The highest BCUT2D eigenvalue weighted by Gasteiger charge is 2.31. The zero-order valence-electron chi connectivity index (χ0n) is 9.41. The molecule has 0 heterocycles. The lowest BCUT2D eigenvalue weighted by atomic mass is 10.1. The zero-order chi connectivity index (χ0) is 12.6. The lowest BCUT2D eigenvalue weighted by molar-refractivity contribution is 0.0696. The van der Waals surface area contributed by atoms with E-state index < -0.39 is 17.6 Å². The molecule has 1 aliphatic rings. The van der Waals surface area contributed by atoms with E-state index in [1.807, 2.05) is 6.92 Å². The van der Waals surface area contributed by atoms with E-state index in [9.17, 15) is 13.6 Å². The zero-order valence-corrected chi connectivity index (χ0v) is 9.41. The van der Waals surface area contributed by atoms with Crippen LogP contribution >= 0.6 is 0 Å². The van der Waals surface area contributed by atoms with Crippen molar-refractivity contribution >= 4 is 11.7 Å². The molecule has 3 nitrogen and oxygen atoms in total. The van der Waals surface area contributed by atoms with Gasteiger partial charge in [-0.25, -0.2) is 13.6 Å². The Morgan fingerprint density at radius 2 is 1.94 bits per heavy atom. The molecule has 17 heavy (non-hydrogen) atoms. The number of nitrogens with zero attached hydrogens (tertiary/aromatic N) is 1. The van der Waals surface area contributed by atoms with Crippen LogP contribution in [0.1, 0.15) is 30.1 Å². The van der Waals surface area contributed by atoms with Crippen molar-refractivity contribution in [2.24, 2.45) is 0 Å². The number of benzene rings is 1. The van der Waals surface area contributed by atoms with E-state index in [1.54, 1.807) is 4.90 Å². The normalized spacial score (nSPS) is 14.8. The van der Waals surface area contributed by atoms with E-state index in [0.29, 0.717) is 6.54 Å². The van der Waals surface area contributed by atoms with E-state index in [2.05, 4.69) is 0 Å². The molecule has 1 aliphatic carbocycles. The number of carboxylic acids is 1. The quantitative estimate of drug-likeness (QED) is 0.881. The minimum absolute atomic E-state index is 0.111. The Morgan fingerprint density at radius 3 is 2.29 bits per heavy atom. The molecule has 0 bridgehead atoms. The maximum atomic E-state index is 13.8. The van der Waals surface area contributed by atoms with Crippen LogP contribution in [0, 0.1) is 11.6 Å². The van der Waals surface area contributed by atoms with Gasteiger partial charge in [-0.1, -0.05) is 0 Å². The average Bonchev–Trinajstić information content (AvgIpc) is 3.06. The second-order valence-electron chi connectivity index (χ2n) is 4.11. The fraction of sp³-hybridized carbons (Fsp3) is 0.417. The van der Waals surface area contributed by atoms with Crippen LogP contribution in [0.25, 0.3) is 0 Å². The van der Waals surface area contributed by atoms with Gasteiger partial charge in [-0.2, -0.15) is 0 Å². The molecule has 92 valence electrons. The number of hydrogen-bond acceptors (Lipinski definition) is 2. The van der Waals surface area contributed by atoms with E-state index in [-0.39, 0.29) is 17.3 Å². The summed E-state index contributed by atoms with van der Waals surface area (Å²) in [5.74, 6) is -2.95. The molecule has 0 aromatic heterocycles. The van der Waals surface area contributed by atoms with Gasteiger partial charge in [-0.3, -0.25) is 0 Å². The summed E-state index contributed by atoms with van der Waals surface area (Å²) in [6.45, 7) is 2.33. The van der Waals surface area contributed by atoms with E-state index in [1.165, 1.54) is 0 Å². The molecule has 0 saturated heterocycles. The van der Waals surface area contributed by atoms with Crippen molar-refractivity contribution in [1.82, 2.24) is 0 Å². The van der Waals surface area contributed by atoms with Crippen molar-refractivity contribution < 1.29 is 18.7 Å². The third-order valence-electron chi connectivity index (χ3n) is 2.88. The average molecular weight is 241 g/mol. The first kappa shape index (κ1) is 11.8. The monoisotopic (exact) mass is 241 g/mol. The van der Waals surface area contributed by atoms with Gasteiger partial charge in [0.15, 0.2) is 0 Å². The Bertz CT molecular complexity index is 435. The van der Waals surface area contributed by atoms with Crippen LogP contribution in [0.2, 0.25) is 0 Å². The minimum Gasteiger partial charge on any atom is -0.478 e. The second-order valence-corrected chi connectivity index (χ2v) is 4.11. The van der Waals surface area contributed by atoms with Crippen LogP contribution in [0.5, 0.6) is 0 Å². The van der Waals surface area contributed by atoms with Crippen LogP contribution < -0.4 is 4.90 Å². The molecule has 1 N–H and O–H groups in total. The smallest absolute Gasteiger partial charge is 0.335 e. The highest BCUT2D eigenvalue weighted by atomic mass is 19.1. The van der Waals surface area contributed by atoms with Gasteiger partial charge in [0.2, 0.25) is 0 Å². The number of hydrogen-bond donors (Lipinski definition) is 1. The van der Waals surface area contributed by atoms with Crippen molar-refractivity contribution in [3.8, 4) is 0 Å². The number of aromatic carboxylic acids is 1. The molecule has 0 aliphatic heterocycles. The van der Waals surface area contributed by atoms with Gasteiger partial charge >= 0.3 is 5.97 Å². The maximum absolute atomic E-state index is 13.8. The second kappa shape index (κ2) is 4.31. The predicted molar refractivity (Wildman–Crippen MR) is 59.4 cm³/mol. The summed E-state index contributed by atoms with van der Waals surface area (Å²) < 4.78 is 27.5. The van der Waals surface area contributed by atoms with E-state index in [0.717, 1.165) is 25.0 Å². The molecule has 0 radical (unpaired) electrons. The SMILES string of the molecule is CCN(c1c(F)cc(C(=O)O)cc1F)C1CC1. The lowest BCUT2D eigenvalue weighted by Crippen LogP contribution is -2.27. The van der Waals surface area contributed by atoms with Gasteiger partial charge in [0.1, 0.15) is 17.3 Å². The number of rotatable bonds is 4. The van der Waals surface area contributed by atoms with Crippen LogP contribution in [0.4, 0.5) is 14.5 Å². The van der Waals surface area contributed by atoms with Gasteiger partial charge in [0.25, 0.3) is 0 Å². The molecule has 1 aromatic carbocycles. The Kier molecular flexibility index (Phi) is 3.00. The lowest BCUT2D eigenvalue weighted by Gasteiger charge is -2.23. The van der Waals surface area contributed by atoms with Gasteiger partial charge in [-0.15, -0.1) is 0 Å². The summed E-state index contributed by atoms with van der Waals surface area (Å²) in [7, 11) is 0. The highest BCUT2D eigenvalue weighted by molar-refractivity contribution is 5.88. The van der Waals surface area contributed by atoms with Crippen LogP contribution in [0.15, 0.2) is 12.1 Å². The highest BCUT2D eigenvalue weighted by Crippen LogP contribution is 2.34. The van der Waals surface area contributed by atoms with Gasteiger partial charge < -0.3 is 10.0 Å². The first-order chi connectivity index (χ1) is 8.04.